The molecule has 0 atom stereocenters. The quantitative estimate of drug-likeness (QED) is 0.516. The van der Waals surface area contributed by atoms with Gasteiger partial charge in [0.25, 0.3) is 0 Å². The number of pyridine rings is 1. The normalized spacial score (nSPS) is 11.1. The van der Waals surface area contributed by atoms with E-state index in [0.717, 1.165) is 22.3 Å². The van der Waals surface area contributed by atoms with Gasteiger partial charge in [-0.2, -0.15) is 4.98 Å². The van der Waals surface area contributed by atoms with Crippen LogP contribution in [0.4, 0.5) is 0 Å². The Bertz CT molecular complexity index is 1320. The average molecular weight is 370 g/mol. The van der Waals surface area contributed by atoms with Crippen molar-refractivity contribution in [3.8, 4) is 22.5 Å². The molecule has 7 nitrogen and oxygen atoms in total. The first kappa shape index (κ1) is 16.2. The lowest BCUT2D eigenvalue weighted by Crippen LogP contribution is -1.93. The second kappa shape index (κ2) is 6.62. The van der Waals surface area contributed by atoms with Crippen LogP contribution < -0.4 is 5.76 Å². The minimum atomic E-state index is -0.471. The van der Waals surface area contributed by atoms with Gasteiger partial charge in [0.05, 0.1) is 11.9 Å². The Balaban J connectivity index is 1.42. The van der Waals surface area contributed by atoms with Gasteiger partial charge >= 0.3 is 5.76 Å². The third kappa shape index (κ3) is 3.09. The summed E-state index contributed by atoms with van der Waals surface area (Å²) in [5, 5.41) is 4.11. The number of nitrogens with zero attached hydrogens (tertiary/aromatic N) is 3. The van der Waals surface area contributed by atoms with Gasteiger partial charge in [0.15, 0.2) is 5.58 Å². The number of oxazole rings is 1. The van der Waals surface area contributed by atoms with Crippen molar-refractivity contribution in [2.45, 2.75) is 6.42 Å². The highest BCUT2D eigenvalue weighted by Crippen LogP contribution is 2.25. The molecule has 0 amide bonds. The number of nitrogens with one attached hydrogen (secondary N) is 1. The fraction of sp³-hybridized carbons (Fsp3) is 0.0476. The maximum Gasteiger partial charge on any atom is 0.417 e. The monoisotopic (exact) mass is 370 g/mol. The predicted octanol–water partition coefficient (Wildman–Crippen LogP) is 3.82. The molecule has 3 aromatic heterocycles. The molecule has 3 heterocycles. The highest BCUT2D eigenvalue weighted by atomic mass is 16.5. The standard InChI is InChI=1S/C21H14N4O3/c26-21-23-17-10-13(4-5-18(17)27-21)11-19-24-20(25-28-19)16-3-1-2-15(12-16)14-6-8-22-9-7-14/h1-10,12H,11H2,(H,23,26). The molecular weight excluding hydrogens is 356 g/mol. The molecule has 0 saturated heterocycles. The first-order chi connectivity index (χ1) is 13.7. The lowest BCUT2D eigenvalue weighted by atomic mass is 10.0. The molecule has 0 bridgehead atoms. The molecule has 0 aliphatic rings. The number of hydrogen-bond acceptors (Lipinski definition) is 6. The maximum absolute atomic E-state index is 11.3. The summed E-state index contributed by atoms with van der Waals surface area (Å²) in [7, 11) is 0. The molecule has 0 radical (unpaired) electrons. The first-order valence-electron chi connectivity index (χ1n) is 8.70. The molecule has 0 aliphatic heterocycles. The van der Waals surface area contributed by atoms with Gasteiger partial charge in [-0.15, -0.1) is 0 Å². The Morgan fingerprint density at radius 1 is 0.929 bits per heavy atom. The van der Waals surface area contributed by atoms with Crippen molar-refractivity contribution in [1.29, 1.82) is 0 Å². The highest BCUT2D eigenvalue weighted by molar-refractivity contribution is 5.73. The summed E-state index contributed by atoms with van der Waals surface area (Å²) in [6.07, 6.45) is 3.98. The zero-order chi connectivity index (χ0) is 18.9. The van der Waals surface area contributed by atoms with Crippen LogP contribution in [0, 0.1) is 0 Å². The van der Waals surface area contributed by atoms with Crippen molar-refractivity contribution < 1.29 is 8.94 Å². The molecule has 136 valence electrons. The summed E-state index contributed by atoms with van der Waals surface area (Å²) in [6, 6.07) is 17.3. The Hall–Kier alpha value is -4.00. The third-order valence-corrected chi connectivity index (χ3v) is 4.44. The van der Waals surface area contributed by atoms with Crippen LogP contribution in [0.25, 0.3) is 33.6 Å². The van der Waals surface area contributed by atoms with Gasteiger partial charge in [0.2, 0.25) is 11.7 Å². The summed E-state index contributed by atoms with van der Waals surface area (Å²) < 4.78 is 10.4. The number of aromatic nitrogens is 4. The zero-order valence-electron chi connectivity index (χ0n) is 14.6. The van der Waals surface area contributed by atoms with Gasteiger partial charge in [-0.3, -0.25) is 9.97 Å². The van der Waals surface area contributed by atoms with Crippen LogP contribution in [0.1, 0.15) is 11.5 Å². The van der Waals surface area contributed by atoms with E-state index in [4.69, 9.17) is 8.94 Å². The summed E-state index contributed by atoms with van der Waals surface area (Å²) in [5.74, 6) is 0.555. The van der Waals surface area contributed by atoms with E-state index in [1.54, 1.807) is 18.5 Å². The lowest BCUT2D eigenvalue weighted by Gasteiger charge is -2.02. The highest BCUT2D eigenvalue weighted by Gasteiger charge is 2.11. The fourth-order valence-corrected chi connectivity index (χ4v) is 3.11. The molecule has 28 heavy (non-hydrogen) atoms. The summed E-state index contributed by atoms with van der Waals surface area (Å²) in [4.78, 5) is 22.5. The summed E-state index contributed by atoms with van der Waals surface area (Å²) in [5.41, 5.74) is 5.10. The number of hydrogen-bond donors (Lipinski definition) is 1. The Morgan fingerprint density at radius 2 is 1.79 bits per heavy atom. The summed E-state index contributed by atoms with van der Waals surface area (Å²) >= 11 is 0. The van der Waals surface area contributed by atoms with Crippen LogP contribution in [0.3, 0.4) is 0 Å². The van der Waals surface area contributed by atoms with Crippen LogP contribution in [0.5, 0.6) is 0 Å². The molecule has 7 heteroatoms. The molecule has 2 aromatic carbocycles. The van der Waals surface area contributed by atoms with E-state index in [9.17, 15) is 4.79 Å². The van der Waals surface area contributed by atoms with Gasteiger partial charge in [-0.1, -0.05) is 29.4 Å². The predicted molar refractivity (Wildman–Crippen MR) is 103 cm³/mol. The van der Waals surface area contributed by atoms with E-state index in [1.165, 1.54) is 0 Å². The topological polar surface area (TPSA) is 97.8 Å². The second-order valence-electron chi connectivity index (χ2n) is 6.35. The Kier molecular flexibility index (Phi) is 3.83. The van der Waals surface area contributed by atoms with E-state index in [-0.39, 0.29) is 0 Å². The minimum Gasteiger partial charge on any atom is -0.408 e. The van der Waals surface area contributed by atoms with E-state index in [0.29, 0.717) is 29.2 Å². The molecule has 0 saturated carbocycles. The van der Waals surface area contributed by atoms with E-state index in [2.05, 4.69) is 20.1 Å². The number of fused-ring (bicyclic) bond motifs is 1. The van der Waals surface area contributed by atoms with E-state index in [1.807, 2.05) is 48.5 Å². The Morgan fingerprint density at radius 3 is 2.68 bits per heavy atom. The largest absolute Gasteiger partial charge is 0.417 e. The lowest BCUT2D eigenvalue weighted by molar-refractivity contribution is 0.386. The molecule has 1 N–H and O–H groups in total. The van der Waals surface area contributed by atoms with Crippen molar-refractivity contribution in [2.24, 2.45) is 0 Å². The zero-order valence-corrected chi connectivity index (χ0v) is 14.6. The van der Waals surface area contributed by atoms with Gasteiger partial charge < -0.3 is 8.94 Å². The molecule has 0 aliphatic carbocycles. The second-order valence-corrected chi connectivity index (χ2v) is 6.35. The van der Waals surface area contributed by atoms with Gasteiger partial charge in [0.1, 0.15) is 0 Å². The molecular formula is C21H14N4O3. The smallest absolute Gasteiger partial charge is 0.408 e. The number of benzene rings is 2. The number of H-pyrrole nitrogens is 1. The average Bonchev–Trinajstić information content (AvgIpc) is 3.34. The number of rotatable bonds is 4. The SMILES string of the molecule is O=c1[nH]c2cc(Cc3nc(-c4cccc(-c5ccncc5)c4)no3)ccc2o1. The maximum atomic E-state index is 11.3. The summed E-state index contributed by atoms with van der Waals surface area (Å²) in [6.45, 7) is 0. The molecule has 5 rings (SSSR count). The van der Waals surface area contributed by atoms with Crippen LogP contribution in [-0.4, -0.2) is 20.1 Å². The molecule has 0 spiro atoms. The number of aromatic amines is 1. The molecule has 5 aromatic rings. The fourth-order valence-electron chi connectivity index (χ4n) is 3.11. The first-order valence-corrected chi connectivity index (χ1v) is 8.70. The molecule has 0 fully saturated rings. The van der Waals surface area contributed by atoms with Crippen molar-refractivity contribution in [3.05, 3.63) is 89.0 Å². The molecule has 0 unspecified atom stereocenters. The Labute approximate surface area is 158 Å². The van der Waals surface area contributed by atoms with Crippen LogP contribution in [0.2, 0.25) is 0 Å². The van der Waals surface area contributed by atoms with Gasteiger partial charge in [-0.25, -0.2) is 4.79 Å². The van der Waals surface area contributed by atoms with Crippen molar-refractivity contribution in [1.82, 2.24) is 20.1 Å². The third-order valence-electron chi connectivity index (χ3n) is 4.44. The van der Waals surface area contributed by atoms with Gasteiger partial charge in [-0.05, 0) is 47.0 Å². The van der Waals surface area contributed by atoms with Crippen LogP contribution in [0.15, 0.2) is 80.7 Å². The van der Waals surface area contributed by atoms with Crippen molar-refractivity contribution in [2.75, 3.05) is 0 Å². The van der Waals surface area contributed by atoms with E-state index >= 15 is 0 Å². The van der Waals surface area contributed by atoms with E-state index < -0.39 is 5.76 Å². The van der Waals surface area contributed by atoms with Gasteiger partial charge in [0, 0.05) is 18.0 Å². The van der Waals surface area contributed by atoms with Crippen molar-refractivity contribution in [3.63, 3.8) is 0 Å². The van der Waals surface area contributed by atoms with Crippen LogP contribution >= 0.6 is 0 Å². The van der Waals surface area contributed by atoms with Crippen LogP contribution in [-0.2, 0) is 6.42 Å². The van der Waals surface area contributed by atoms with Crippen molar-refractivity contribution >= 4 is 11.1 Å². The minimum absolute atomic E-state index is 0.459.